The third-order valence-corrected chi connectivity index (χ3v) is 4.44. The van der Waals surface area contributed by atoms with Crippen molar-refractivity contribution in [2.24, 2.45) is 0 Å². The van der Waals surface area contributed by atoms with Crippen molar-refractivity contribution in [3.63, 3.8) is 0 Å². The number of hydrogen-bond acceptors (Lipinski definition) is 5. The number of urea groups is 1. The second kappa shape index (κ2) is 10.5. The van der Waals surface area contributed by atoms with E-state index >= 15 is 0 Å². The summed E-state index contributed by atoms with van der Waals surface area (Å²) in [6.07, 6.45) is 3.86. The van der Waals surface area contributed by atoms with E-state index in [1.54, 1.807) is 24.4 Å². The van der Waals surface area contributed by atoms with E-state index in [0.29, 0.717) is 12.2 Å². The zero-order valence-corrected chi connectivity index (χ0v) is 16.1. The number of anilines is 1. The molecule has 9 heteroatoms. The third-order valence-electron chi connectivity index (χ3n) is 4.44. The number of carbonyl (C=O) groups is 2. The highest BCUT2D eigenvalue weighted by molar-refractivity contribution is 5.89. The van der Waals surface area contributed by atoms with E-state index in [0.717, 1.165) is 5.69 Å². The topological polar surface area (TPSA) is 113 Å². The Morgan fingerprint density at radius 2 is 1.93 bits per heavy atom. The van der Waals surface area contributed by atoms with E-state index in [2.05, 4.69) is 20.9 Å². The van der Waals surface area contributed by atoms with Crippen LogP contribution in [0.25, 0.3) is 0 Å². The fourth-order valence-electron chi connectivity index (χ4n) is 2.93. The normalized spacial score (nSPS) is 20.4. The molecule has 4 N–H and O–H groups in total. The lowest BCUT2D eigenvalue weighted by molar-refractivity contribution is -0.125. The zero-order chi connectivity index (χ0) is 21.3. The van der Waals surface area contributed by atoms with Gasteiger partial charge in [0.15, 0.2) is 0 Å². The van der Waals surface area contributed by atoms with Crippen molar-refractivity contribution in [3.05, 3.63) is 72.3 Å². The molecule has 2 aromatic rings. The number of aliphatic hydroxyl groups is 1. The minimum atomic E-state index is -0.706. The molecule has 2 heterocycles. The lowest BCUT2D eigenvalue weighted by Crippen LogP contribution is -2.50. The monoisotopic (exact) mass is 414 g/mol. The molecule has 1 aliphatic rings. The molecular weight excluding hydrogens is 391 g/mol. The van der Waals surface area contributed by atoms with Crippen LogP contribution in [0.5, 0.6) is 0 Å². The lowest BCUT2D eigenvalue weighted by Gasteiger charge is -2.31. The summed E-state index contributed by atoms with van der Waals surface area (Å²) in [7, 11) is 0. The van der Waals surface area contributed by atoms with Crippen LogP contribution in [-0.2, 0) is 16.1 Å². The maximum Gasteiger partial charge on any atom is 0.319 e. The summed E-state index contributed by atoms with van der Waals surface area (Å²) in [6.45, 7) is -0.0227. The van der Waals surface area contributed by atoms with Gasteiger partial charge in [0.05, 0.1) is 37.4 Å². The Bertz CT molecular complexity index is 876. The average molecular weight is 414 g/mol. The van der Waals surface area contributed by atoms with E-state index < -0.39 is 30.1 Å². The van der Waals surface area contributed by atoms with E-state index in [9.17, 15) is 19.1 Å². The molecule has 30 heavy (non-hydrogen) atoms. The number of ether oxygens (including phenoxy) is 1. The summed E-state index contributed by atoms with van der Waals surface area (Å²) < 4.78 is 18.7. The number of aromatic nitrogens is 1. The second-order valence-corrected chi connectivity index (χ2v) is 6.71. The van der Waals surface area contributed by atoms with Gasteiger partial charge in [0, 0.05) is 11.9 Å². The van der Waals surface area contributed by atoms with Crippen molar-refractivity contribution < 1.29 is 23.8 Å². The molecule has 0 fully saturated rings. The van der Waals surface area contributed by atoms with Crippen LogP contribution in [0.1, 0.15) is 12.1 Å². The SMILES string of the molecule is O=C(C[C@H]1C=C[C@@H](NC(=O)Nc2ccc(F)cc2)[C@@H](CO)O1)NCc1ccccn1. The van der Waals surface area contributed by atoms with Crippen molar-refractivity contribution in [1.29, 1.82) is 0 Å². The number of nitrogens with zero attached hydrogens (tertiary/aromatic N) is 1. The minimum absolute atomic E-state index is 0.0777. The number of benzene rings is 1. The molecular formula is C21H23FN4O4. The summed E-state index contributed by atoms with van der Waals surface area (Å²) in [5.41, 5.74) is 1.17. The van der Waals surface area contributed by atoms with Gasteiger partial charge in [-0.1, -0.05) is 18.2 Å². The molecule has 1 aromatic carbocycles. The van der Waals surface area contributed by atoms with Crippen LogP contribution in [0.4, 0.5) is 14.9 Å². The first-order chi connectivity index (χ1) is 14.5. The Morgan fingerprint density at radius 1 is 1.13 bits per heavy atom. The van der Waals surface area contributed by atoms with Gasteiger partial charge in [-0.25, -0.2) is 9.18 Å². The minimum Gasteiger partial charge on any atom is -0.394 e. The fourth-order valence-corrected chi connectivity index (χ4v) is 2.93. The molecule has 3 atom stereocenters. The summed E-state index contributed by atoms with van der Waals surface area (Å²) >= 11 is 0. The lowest BCUT2D eigenvalue weighted by atomic mass is 10.0. The number of amides is 3. The van der Waals surface area contributed by atoms with E-state index in [1.807, 2.05) is 12.1 Å². The van der Waals surface area contributed by atoms with Gasteiger partial charge in [-0.2, -0.15) is 0 Å². The Hall–Kier alpha value is -3.30. The fraction of sp³-hybridized carbons (Fsp3) is 0.286. The first kappa shape index (κ1) is 21.4. The van der Waals surface area contributed by atoms with Gasteiger partial charge in [-0.3, -0.25) is 9.78 Å². The maximum absolute atomic E-state index is 12.9. The number of nitrogens with one attached hydrogen (secondary N) is 3. The molecule has 0 aliphatic carbocycles. The number of pyridine rings is 1. The highest BCUT2D eigenvalue weighted by Gasteiger charge is 2.29. The highest BCUT2D eigenvalue weighted by Crippen LogP contribution is 2.16. The maximum atomic E-state index is 12.9. The predicted octanol–water partition coefficient (Wildman–Crippen LogP) is 1.73. The van der Waals surface area contributed by atoms with E-state index in [1.165, 1.54) is 24.3 Å². The van der Waals surface area contributed by atoms with Crippen LogP contribution in [0.15, 0.2) is 60.8 Å². The van der Waals surface area contributed by atoms with Gasteiger partial charge in [-0.05, 0) is 36.4 Å². The van der Waals surface area contributed by atoms with Crippen LogP contribution >= 0.6 is 0 Å². The number of halogens is 1. The molecule has 8 nitrogen and oxygen atoms in total. The Balaban J connectivity index is 1.48. The molecule has 1 aliphatic heterocycles. The quantitative estimate of drug-likeness (QED) is 0.516. The van der Waals surface area contributed by atoms with Gasteiger partial charge in [-0.15, -0.1) is 0 Å². The Morgan fingerprint density at radius 3 is 2.63 bits per heavy atom. The number of rotatable bonds is 7. The van der Waals surface area contributed by atoms with Crippen molar-refractivity contribution in [2.75, 3.05) is 11.9 Å². The number of aliphatic hydroxyl groups excluding tert-OH is 1. The van der Waals surface area contributed by atoms with Crippen molar-refractivity contribution >= 4 is 17.6 Å². The molecule has 0 bridgehead atoms. The summed E-state index contributed by atoms with van der Waals surface area (Å²) in [6, 6.07) is 9.69. The smallest absolute Gasteiger partial charge is 0.319 e. The Labute approximate surface area is 173 Å². The van der Waals surface area contributed by atoms with Crippen LogP contribution in [0.3, 0.4) is 0 Å². The molecule has 0 saturated heterocycles. The predicted molar refractivity (Wildman–Crippen MR) is 108 cm³/mol. The van der Waals surface area contributed by atoms with Crippen molar-refractivity contribution in [2.45, 2.75) is 31.2 Å². The molecule has 0 radical (unpaired) electrons. The third kappa shape index (κ3) is 6.36. The highest BCUT2D eigenvalue weighted by atomic mass is 19.1. The number of hydrogen-bond donors (Lipinski definition) is 4. The standard InChI is InChI=1S/C21H23FN4O4/c22-14-4-6-15(7-5-14)25-21(29)26-18-9-8-17(30-19(18)13-27)11-20(28)24-12-16-3-1-2-10-23-16/h1-10,17-19,27H,11-13H2,(H,24,28)(H2,25,26,29)/t17-,18-,19-/m1/s1. The summed E-state index contributed by atoms with van der Waals surface area (Å²) in [4.78, 5) is 28.4. The van der Waals surface area contributed by atoms with Gasteiger partial charge in [0.25, 0.3) is 0 Å². The second-order valence-electron chi connectivity index (χ2n) is 6.71. The van der Waals surface area contributed by atoms with Crippen LogP contribution in [0.2, 0.25) is 0 Å². The van der Waals surface area contributed by atoms with Crippen molar-refractivity contribution in [3.8, 4) is 0 Å². The Kier molecular flexibility index (Phi) is 7.47. The largest absolute Gasteiger partial charge is 0.394 e. The molecule has 0 spiro atoms. The van der Waals surface area contributed by atoms with Crippen molar-refractivity contribution in [1.82, 2.24) is 15.6 Å². The molecule has 0 unspecified atom stereocenters. The van der Waals surface area contributed by atoms with Gasteiger partial charge < -0.3 is 25.8 Å². The van der Waals surface area contributed by atoms with Gasteiger partial charge >= 0.3 is 6.03 Å². The zero-order valence-electron chi connectivity index (χ0n) is 16.1. The summed E-state index contributed by atoms with van der Waals surface area (Å²) in [5.74, 6) is -0.618. The van der Waals surface area contributed by atoms with Crippen LogP contribution in [0, 0.1) is 5.82 Å². The van der Waals surface area contributed by atoms with Gasteiger partial charge in [0.2, 0.25) is 5.91 Å². The van der Waals surface area contributed by atoms with E-state index in [-0.39, 0.29) is 18.9 Å². The molecule has 0 saturated carbocycles. The van der Waals surface area contributed by atoms with Crippen LogP contribution in [-0.4, -0.2) is 46.9 Å². The summed E-state index contributed by atoms with van der Waals surface area (Å²) in [5, 5.41) is 17.6. The van der Waals surface area contributed by atoms with Gasteiger partial charge in [0.1, 0.15) is 11.9 Å². The molecule has 3 rings (SSSR count). The molecule has 3 amide bonds. The van der Waals surface area contributed by atoms with Crippen LogP contribution < -0.4 is 16.0 Å². The average Bonchev–Trinajstić information content (AvgIpc) is 2.75. The first-order valence-corrected chi connectivity index (χ1v) is 9.48. The molecule has 158 valence electrons. The molecule has 1 aromatic heterocycles. The van der Waals surface area contributed by atoms with E-state index in [4.69, 9.17) is 4.74 Å². The first-order valence-electron chi connectivity index (χ1n) is 9.48. The number of carbonyl (C=O) groups excluding carboxylic acids is 2.